The summed E-state index contributed by atoms with van der Waals surface area (Å²) in [6, 6.07) is 8.23. The zero-order valence-electron chi connectivity index (χ0n) is 22.2. The number of carbonyl (C=O) groups is 4. The van der Waals surface area contributed by atoms with E-state index in [9.17, 15) is 19.2 Å². The maximum absolute atomic E-state index is 12.8. The molecular formula is C26H35NO11. The average molecular weight is 538 g/mol. The van der Waals surface area contributed by atoms with Gasteiger partial charge >= 0.3 is 24.0 Å². The lowest BCUT2D eigenvalue weighted by molar-refractivity contribution is -0.233. The molecule has 0 unspecified atom stereocenters. The van der Waals surface area contributed by atoms with Gasteiger partial charge in [-0.1, -0.05) is 30.3 Å². The minimum absolute atomic E-state index is 0.0159. The number of hydrogen-bond donors (Lipinski definition) is 1. The third-order valence-electron chi connectivity index (χ3n) is 5.83. The van der Waals surface area contributed by atoms with Gasteiger partial charge in [0.2, 0.25) is 0 Å². The molecule has 2 saturated heterocycles. The number of rotatable bonds is 11. The number of hydrogen-bond acceptors (Lipinski definition) is 11. The number of nitrogens with one attached hydrogen (secondary N) is 1. The van der Waals surface area contributed by atoms with E-state index in [0.717, 1.165) is 5.56 Å². The van der Waals surface area contributed by atoms with Crippen molar-refractivity contribution in [2.24, 2.45) is 0 Å². The first-order chi connectivity index (χ1) is 17.9. The molecule has 12 heteroatoms. The van der Waals surface area contributed by atoms with Crippen LogP contribution < -0.4 is 5.32 Å². The fraction of sp³-hybridized carbons (Fsp3) is 0.615. The summed E-state index contributed by atoms with van der Waals surface area (Å²) in [6.07, 6.45) is -5.09. The van der Waals surface area contributed by atoms with Gasteiger partial charge in [0.15, 0.2) is 30.4 Å². The molecule has 2 aliphatic rings. The number of carbonyl (C=O) groups excluding carboxylic acids is 4. The molecule has 3 rings (SSSR count). The molecule has 2 heterocycles. The topological polar surface area (TPSA) is 145 Å². The number of fused-ring (bicyclic) bond motifs is 1. The minimum atomic E-state index is -1.13. The molecule has 6 atom stereocenters. The van der Waals surface area contributed by atoms with Crippen LogP contribution in [0.1, 0.15) is 53.0 Å². The van der Waals surface area contributed by atoms with E-state index in [-0.39, 0.29) is 19.6 Å². The minimum Gasteiger partial charge on any atom is -0.466 e. The molecule has 0 saturated carbocycles. The van der Waals surface area contributed by atoms with E-state index in [2.05, 4.69) is 5.32 Å². The van der Waals surface area contributed by atoms with Crippen LogP contribution in [0.3, 0.4) is 0 Å². The zero-order valence-corrected chi connectivity index (χ0v) is 22.2. The van der Waals surface area contributed by atoms with Crippen molar-refractivity contribution in [2.45, 2.75) is 96.6 Å². The highest BCUT2D eigenvalue weighted by atomic mass is 16.8. The molecule has 1 aromatic carbocycles. The molecule has 0 spiro atoms. The van der Waals surface area contributed by atoms with E-state index in [1.165, 1.54) is 20.8 Å². The van der Waals surface area contributed by atoms with Gasteiger partial charge in [0.1, 0.15) is 12.7 Å². The highest BCUT2D eigenvalue weighted by Crippen LogP contribution is 2.41. The van der Waals surface area contributed by atoms with Crippen molar-refractivity contribution >= 4 is 24.0 Å². The SMILES string of the molecule is CC(=O)OCCC[C@@H](NC(=O)OCc1ccccc1)[C@@H](OC(C)=O)[C@H]1O[C@@H]2OC(C)(C)O[C@@H]2[C@H]1OC(C)=O. The van der Waals surface area contributed by atoms with E-state index >= 15 is 0 Å². The number of benzene rings is 1. The fourth-order valence-electron chi connectivity index (χ4n) is 4.42. The van der Waals surface area contributed by atoms with Gasteiger partial charge < -0.3 is 38.5 Å². The molecule has 0 aromatic heterocycles. The summed E-state index contributed by atoms with van der Waals surface area (Å²) in [5.74, 6) is -2.69. The Balaban J connectivity index is 1.81. The molecule has 1 N–H and O–H groups in total. The monoisotopic (exact) mass is 537 g/mol. The Morgan fingerprint density at radius 3 is 2.32 bits per heavy atom. The van der Waals surface area contributed by atoms with Gasteiger partial charge in [-0.05, 0) is 32.3 Å². The van der Waals surface area contributed by atoms with E-state index < -0.39 is 66.5 Å². The Kier molecular flexibility index (Phi) is 10.1. The first-order valence-corrected chi connectivity index (χ1v) is 12.4. The largest absolute Gasteiger partial charge is 0.466 e. The molecule has 2 aliphatic heterocycles. The first-order valence-electron chi connectivity index (χ1n) is 12.4. The highest BCUT2D eigenvalue weighted by molar-refractivity contribution is 5.69. The predicted octanol–water partition coefficient (Wildman–Crippen LogP) is 2.36. The third-order valence-corrected chi connectivity index (χ3v) is 5.83. The molecule has 2 fully saturated rings. The molecule has 0 radical (unpaired) electrons. The third kappa shape index (κ3) is 8.40. The van der Waals surface area contributed by atoms with Crippen molar-refractivity contribution in [2.75, 3.05) is 6.61 Å². The molecule has 1 amide bonds. The van der Waals surface area contributed by atoms with Crippen LogP contribution >= 0.6 is 0 Å². The van der Waals surface area contributed by atoms with Gasteiger partial charge in [-0.3, -0.25) is 14.4 Å². The lowest BCUT2D eigenvalue weighted by Gasteiger charge is -2.34. The van der Waals surface area contributed by atoms with Gasteiger partial charge in [0, 0.05) is 20.8 Å². The summed E-state index contributed by atoms with van der Waals surface area (Å²) in [5, 5.41) is 2.73. The Morgan fingerprint density at radius 2 is 1.68 bits per heavy atom. The molecule has 38 heavy (non-hydrogen) atoms. The maximum atomic E-state index is 12.8. The lowest BCUT2D eigenvalue weighted by Crippen LogP contribution is -2.55. The highest BCUT2D eigenvalue weighted by Gasteiger charge is 2.60. The van der Waals surface area contributed by atoms with Crippen molar-refractivity contribution < 1.29 is 52.3 Å². The zero-order chi connectivity index (χ0) is 27.9. The summed E-state index contributed by atoms with van der Waals surface area (Å²) in [6.45, 7) is 7.21. The van der Waals surface area contributed by atoms with E-state index in [4.69, 9.17) is 33.2 Å². The smallest absolute Gasteiger partial charge is 0.407 e. The van der Waals surface area contributed by atoms with Crippen molar-refractivity contribution in [3.05, 3.63) is 35.9 Å². The van der Waals surface area contributed by atoms with Crippen LogP contribution in [0.2, 0.25) is 0 Å². The summed E-state index contributed by atoms with van der Waals surface area (Å²) in [5.41, 5.74) is 0.782. The van der Waals surface area contributed by atoms with Crippen molar-refractivity contribution in [3.63, 3.8) is 0 Å². The molecular weight excluding hydrogens is 502 g/mol. The van der Waals surface area contributed by atoms with Gasteiger partial charge in [0.25, 0.3) is 0 Å². The van der Waals surface area contributed by atoms with Gasteiger partial charge in [-0.25, -0.2) is 4.79 Å². The summed E-state index contributed by atoms with van der Waals surface area (Å²) >= 11 is 0. The summed E-state index contributed by atoms with van der Waals surface area (Å²) in [7, 11) is 0. The Bertz CT molecular complexity index is 983. The second-order valence-electron chi connectivity index (χ2n) is 9.51. The molecule has 210 valence electrons. The van der Waals surface area contributed by atoms with Crippen LogP contribution in [0.5, 0.6) is 0 Å². The van der Waals surface area contributed by atoms with Crippen molar-refractivity contribution in [3.8, 4) is 0 Å². The number of ether oxygens (including phenoxy) is 7. The van der Waals surface area contributed by atoms with Crippen LogP contribution in [0.15, 0.2) is 30.3 Å². The van der Waals surface area contributed by atoms with Crippen LogP contribution in [-0.2, 0) is 54.1 Å². The summed E-state index contributed by atoms with van der Waals surface area (Å²) in [4.78, 5) is 48.1. The van der Waals surface area contributed by atoms with Crippen LogP contribution in [0.4, 0.5) is 4.79 Å². The van der Waals surface area contributed by atoms with Crippen LogP contribution in [0.25, 0.3) is 0 Å². The standard InChI is InChI=1S/C26H35NO11/c1-15(28)32-13-9-12-19(27-25(31)33-14-18-10-7-6-8-11-18)20(34-16(2)29)21-22(35-17(3)30)23-24(36-21)38-26(4,5)37-23/h6-8,10-11,19-24H,9,12-14H2,1-5H3,(H,27,31)/t19-,20-,21-,22+,23-,24-/m1/s1. The van der Waals surface area contributed by atoms with E-state index in [1.54, 1.807) is 13.8 Å². The molecule has 0 aliphatic carbocycles. The van der Waals surface area contributed by atoms with E-state index in [0.29, 0.717) is 6.42 Å². The van der Waals surface area contributed by atoms with Crippen molar-refractivity contribution in [1.82, 2.24) is 5.32 Å². The normalized spacial score (nSPS) is 25.0. The quantitative estimate of drug-likeness (QED) is 0.252. The van der Waals surface area contributed by atoms with Crippen LogP contribution in [0, 0.1) is 0 Å². The molecule has 12 nitrogen and oxygen atoms in total. The Hall–Kier alpha value is -3.22. The molecule has 0 bridgehead atoms. The second-order valence-corrected chi connectivity index (χ2v) is 9.51. The number of amides is 1. The Morgan fingerprint density at radius 1 is 0.974 bits per heavy atom. The number of esters is 3. The first kappa shape index (κ1) is 29.3. The van der Waals surface area contributed by atoms with Gasteiger partial charge in [-0.15, -0.1) is 0 Å². The summed E-state index contributed by atoms with van der Waals surface area (Å²) < 4.78 is 39.3. The van der Waals surface area contributed by atoms with Gasteiger partial charge in [-0.2, -0.15) is 0 Å². The van der Waals surface area contributed by atoms with Crippen molar-refractivity contribution in [1.29, 1.82) is 0 Å². The Labute approximate surface area is 221 Å². The molecule has 1 aromatic rings. The average Bonchev–Trinajstić information content (AvgIpc) is 3.30. The van der Waals surface area contributed by atoms with Crippen LogP contribution in [-0.4, -0.2) is 73.1 Å². The maximum Gasteiger partial charge on any atom is 0.407 e. The number of alkyl carbamates (subject to hydrolysis) is 1. The predicted molar refractivity (Wildman–Crippen MR) is 129 cm³/mol. The van der Waals surface area contributed by atoms with E-state index in [1.807, 2.05) is 30.3 Å². The van der Waals surface area contributed by atoms with Gasteiger partial charge in [0.05, 0.1) is 12.6 Å². The lowest BCUT2D eigenvalue weighted by atomic mass is 9.96. The second kappa shape index (κ2) is 13.0. The fourth-order valence-corrected chi connectivity index (χ4v) is 4.42.